The first-order chi connectivity index (χ1) is 15.6. The van der Waals surface area contributed by atoms with E-state index in [-0.39, 0.29) is 31.2 Å². The topological polar surface area (TPSA) is 81.8 Å². The van der Waals surface area contributed by atoms with Crippen LogP contribution < -0.4 is 14.9 Å². The zero-order valence-electron chi connectivity index (χ0n) is 17.9. The molecule has 0 aliphatic carbocycles. The number of nitrogens with zero attached hydrogens (tertiary/aromatic N) is 1. The van der Waals surface area contributed by atoms with Gasteiger partial charge in [-0.3, -0.25) is 9.78 Å². The molecule has 32 heavy (non-hydrogen) atoms. The van der Waals surface area contributed by atoms with Crippen molar-refractivity contribution in [2.45, 2.75) is 26.4 Å². The Labute approximate surface area is 185 Å². The lowest BCUT2D eigenvalue weighted by atomic mass is 10.1. The maximum atomic E-state index is 12.8. The van der Waals surface area contributed by atoms with Crippen LogP contribution >= 0.6 is 0 Å². The van der Waals surface area contributed by atoms with Gasteiger partial charge in [-0.2, -0.15) is 0 Å². The second kappa shape index (κ2) is 9.54. The van der Waals surface area contributed by atoms with E-state index in [0.29, 0.717) is 28.2 Å². The van der Waals surface area contributed by atoms with E-state index in [0.717, 1.165) is 16.5 Å². The molecule has 4 aromatic rings. The molecule has 6 heteroatoms. The summed E-state index contributed by atoms with van der Waals surface area (Å²) in [5, 5.41) is 10.1. The highest BCUT2D eigenvalue weighted by molar-refractivity contribution is 5.85. The summed E-state index contributed by atoms with van der Waals surface area (Å²) in [7, 11) is 0. The molecule has 2 heterocycles. The van der Waals surface area contributed by atoms with Gasteiger partial charge in [-0.25, -0.2) is 0 Å². The second-order valence-electron chi connectivity index (χ2n) is 7.55. The van der Waals surface area contributed by atoms with E-state index in [1.54, 1.807) is 18.3 Å². The lowest BCUT2D eigenvalue weighted by Gasteiger charge is -2.13. The van der Waals surface area contributed by atoms with Gasteiger partial charge in [0.1, 0.15) is 48.0 Å². The number of aliphatic hydroxyl groups is 1. The highest BCUT2D eigenvalue weighted by Gasteiger charge is 2.15. The molecule has 1 N–H and O–H groups in total. The summed E-state index contributed by atoms with van der Waals surface area (Å²) in [6.45, 7) is 3.97. The van der Waals surface area contributed by atoms with E-state index in [1.807, 2.05) is 44.2 Å². The molecule has 0 radical (unpaired) electrons. The summed E-state index contributed by atoms with van der Waals surface area (Å²) in [6, 6.07) is 14.6. The Kier molecular flexibility index (Phi) is 6.39. The molecule has 6 nitrogen and oxygen atoms in total. The van der Waals surface area contributed by atoms with E-state index in [1.165, 1.54) is 6.07 Å². The molecule has 0 atom stereocenters. The molecule has 0 spiro atoms. The van der Waals surface area contributed by atoms with Crippen LogP contribution in [0.25, 0.3) is 21.9 Å². The summed E-state index contributed by atoms with van der Waals surface area (Å²) in [4.78, 5) is 17.2. The third-order valence-corrected chi connectivity index (χ3v) is 4.95. The average Bonchev–Trinajstić information content (AvgIpc) is 2.80. The molecule has 0 saturated carbocycles. The first-order valence-corrected chi connectivity index (χ1v) is 10.3. The minimum Gasteiger partial charge on any atom is -0.488 e. The predicted octanol–water partition coefficient (Wildman–Crippen LogP) is 4.42. The molecule has 4 rings (SSSR count). The number of aromatic nitrogens is 1. The Bertz CT molecular complexity index is 1370. The van der Waals surface area contributed by atoms with Crippen LogP contribution in [0.15, 0.2) is 63.9 Å². The smallest absolute Gasteiger partial charge is 0.196 e. The number of ether oxygens (including phenoxy) is 2. The Morgan fingerprint density at radius 3 is 2.72 bits per heavy atom. The lowest BCUT2D eigenvalue weighted by Crippen LogP contribution is -2.08. The van der Waals surface area contributed by atoms with E-state index in [9.17, 15) is 4.79 Å². The summed E-state index contributed by atoms with van der Waals surface area (Å²) < 4.78 is 17.9. The van der Waals surface area contributed by atoms with Gasteiger partial charge < -0.3 is 19.0 Å². The molecule has 2 aromatic carbocycles. The van der Waals surface area contributed by atoms with E-state index < -0.39 is 0 Å². The van der Waals surface area contributed by atoms with Gasteiger partial charge in [-0.15, -0.1) is 0 Å². The van der Waals surface area contributed by atoms with Crippen LogP contribution in [0.1, 0.15) is 31.1 Å². The number of fused-ring (bicyclic) bond motifs is 2. The zero-order chi connectivity index (χ0) is 22.5. The quantitative estimate of drug-likeness (QED) is 0.457. The molecule has 2 aromatic heterocycles. The van der Waals surface area contributed by atoms with Gasteiger partial charge in [0.15, 0.2) is 5.43 Å². The van der Waals surface area contributed by atoms with Crippen molar-refractivity contribution >= 4 is 21.9 Å². The molecule has 0 unspecified atom stereocenters. The number of aliphatic hydroxyl groups excluding tert-OH is 1. The van der Waals surface area contributed by atoms with Crippen LogP contribution in [-0.4, -0.2) is 23.3 Å². The summed E-state index contributed by atoms with van der Waals surface area (Å²) >= 11 is 0. The van der Waals surface area contributed by atoms with Crippen LogP contribution in [0.3, 0.4) is 0 Å². The number of hydrogen-bond donors (Lipinski definition) is 1. The number of benzene rings is 2. The monoisotopic (exact) mass is 429 g/mol. The van der Waals surface area contributed by atoms with E-state index >= 15 is 0 Å². The van der Waals surface area contributed by atoms with E-state index in [2.05, 4.69) is 16.8 Å². The van der Waals surface area contributed by atoms with Gasteiger partial charge in [0.25, 0.3) is 0 Å². The van der Waals surface area contributed by atoms with Crippen molar-refractivity contribution in [1.82, 2.24) is 4.98 Å². The lowest BCUT2D eigenvalue weighted by molar-refractivity contribution is 0.308. The molecule has 0 fully saturated rings. The molecule has 0 aliphatic heterocycles. The average molecular weight is 429 g/mol. The number of rotatable bonds is 6. The molecular formula is C26H23NO5. The van der Waals surface area contributed by atoms with Gasteiger partial charge in [0.2, 0.25) is 0 Å². The first-order valence-electron chi connectivity index (χ1n) is 10.3. The Morgan fingerprint density at radius 2 is 1.91 bits per heavy atom. The van der Waals surface area contributed by atoms with Gasteiger partial charge in [0, 0.05) is 23.6 Å². The fourth-order valence-electron chi connectivity index (χ4n) is 3.38. The van der Waals surface area contributed by atoms with Crippen molar-refractivity contribution in [3.63, 3.8) is 0 Å². The number of pyridine rings is 1. The SMILES string of the molecule is CC(C)c1cc(=O)c2c(OCC#CCO)cc(COc3ccnc4ccccc34)cc2o1. The van der Waals surface area contributed by atoms with Crippen molar-refractivity contribution in [3.8, 4) is 23.3 Å². The third-order valence-electron chi connectivity index (χ3n) is 4.95. The van der Waals surface area contributed by atoms with Crippen LogP contribution in [-0.2, 0) is 6.61 Å². The van der Waals surface area contributed by atoms with Gasteiger partial charge in [-0.05, 0) is 35.9 Å². The number of para-hydroxylation sites is 1. The zero-order valence-corrected chi connectivity index (χ0v) is 17.9. The molecule has 0 saturated heterocycles. The minimum atomic E-state index is -0.252. The minimum absolute atomic E-state index is 0.0420. The van der Waals surface area contributed by atoms with Crippen LogP contribution in [0.4, 0.5) is 0 Å². The summed E-state index contributed by atoms with van der Waals surface area (Å²) in [5.41, 5.74) is 1.90. The Morgan fingerprint density at radius 1 is 1.06 bits per heavy atom. The van der Waals surface area contributed by atoms with Crippen molar-refractivity contribution in [2.75, 3.05) is 13.2 Å². The molecular weight excluding hydrogens is 406 g/mol. The van der Waals surface area contributed by atoms with Crippen LogP contribution in [0, 0.1) is 11.8 Å². The fourth-order valence-corrected chi connectivity index (χ4v) is 3.38. The van der Waals surface area contributed by atoms with E-state index in [4.69, 9.17) is 19.0 Å². The summed E-state index contributed by atoms with van der Waals surface area (Å²) in [6.07, 6.45) is 1.71. The van der Waals surface area contributed by atoms with Crippen molar-refractivity contribution in [1.29, 1.82) is 0 Å². The van der Waals surface area contributed by atoms with Gasteiger partial charge in [0.05, 0.1) is 5.52 Å². The van der Waals surface area contributed by atoms with Crippen molar-refractivity contribution in [3.05, 3.63) is 76.3 Å². The maximum absolute atomic E-state index is 12.8. The summed E-state index contributed by atoms with van der Waals surface area (Å²) in [5.74, 6) is 6.99. The Hall–Kier alpha value is -3.82. The highest BCUT2D eigenvalue weighted by atomic mass is 16.5. The molecule has 162 valence electrons. The molecule has 0 amide bonds. The highest BCUT2D eigenvalue weighted by Crippen LogP contribution is 2.29. The van der Waals surface area contributed by atoms with Crippen molar-refractivity contribution in [2.24, 2.45) is 0 Å². The number of hydrogen-bond acceptors (Lipinski definition) is 6. The third kappa shape index (κ3) is 4.58. The fraction of sp³-hybridized carbons (Fsp3) is 0.231. The Balaban J connectivity index is 1.72. The molecule has 0 bridgehead atoms. The van der Waals surface area contributed by atoms with Gasteiger partial charge >= 0.3 is 0 Å². The predicted molar refractivity (Wildman–Crippen MR) is 123 cm³/mol. The largest absolute Gasteiger partial charge is 0.488 e. The first kappa shape index (κ1) is 21.4. The molecule has 0 aliphatic rings. The second-order valence-corrected chi connectivity index (χ2v) is 7.55. The van der Waals surface area contributed by atoms with Crippen molar-refractivity contribution < 1.29 is 19.0 Å². The standard InChI is InChI=1S/C26H23NO5/c1-17(2)23-15-21(29)26-24(30-12-6-5-11-28)13-18(14-25(26)32-23)16-31-22-9-10-27-20-8-4-3-7-19(20)22/h3-4,7-10,13-15,17,28H,11-12,16H2,1-2H3. The van der Waals surface area contributed by atoms with Crippen LogP contribution in [0.5, 0.6) is 11.5 Å². The maximum Gasteiger partial charge on any atom is 0.196 e. The van der Waals surface area contributed by atoms with Crippen LogP contribution in [0.2, 0.25) is 0 Å². The normalized spacial score (nSPS) is 10.9. The van der Waals surface area contributed by atoms with Gasteiger partial charge in [-0.1, -0.05) is 37.8 Å².